The number of nitrogens with zero attached hydrogens (tertiary/aromatic N) is 1. The third-order valence-corrected chi connectivity index (χ3v) is 4.27. The normalized spacial score (nSPS) is 12.9. The highest BCUT2D eigenvalue weighted by Crippen LogP contribution is 2.30. The van der Waals surface area contributed by atoms with E-state index in [9.17, 15) is 14.7 Å². The fourth-order valence-corrected chi connectivity index (χ4v) is 2.75. The van der Waals surface area contributed by atoms with Gasteiger partial charge in [-0.3, -0.25) is 9.59 Å². The van der Waals surface area contributed by atoms with Gasteiger partial charge < -0.3 is 31.2 Å². The second-order valence-corrected chi connectivity index (χ2v) is 6.12. The molecule has 1 fully saturated rings. The molecule has 152 valence electrons. The summed E-state index contributed by atoms with van der Waals surface area (Å²) in [6.45, 7) is 6.11. The third kappa shape index (κ3) is 5.91. The zero-order valence-corrected chi connectivity index (χ0v) is 15.9. The van der Waals surface area contributed by atoms with Crippen molar-refractivity contribution in [1.29, 1.82) is 5.41 Å². The van der Waals surface area contributed by atoms with Crippen LogP contribution in [-0.2, 0) is 14.3 Å². The minimum atomic E-state index is 0.00306. The van der Waals surface area contributed by atoms with E-state index in [1.54, 1.807) is 41.3 Å². The van der Waals surface area contributed by atoms with E-state index in [1.807, 2.05) is 0 Å². The molecular weight excluding hydrogens is 372 g/mol. The van der Waals surface area contributed by atoms with Crippen LogP contribution in [0.15, 0.2) is 49.1 Å². The SMILES string of the molecule is C=CC(=O)N1CCOCC1.N=Cc1c(N)cc(-c2ccc(O)cc2)cc1NC=O. The van der Waals surface area contributed by atoms with Crippen LogP contribution in [0.2, 0.25) is 0 Å². The molecule has 2 aromatic carbocycles. The molecule has 0 spiro atoms. The molecule has 0 aliphatic carbocycles. The van der Waals surface area contributed by atoms with Gasteiger partial charge in [0.2, 0.25) is 12.3 Å². The second kappa shape index (κ2) is 10.6. The Morgan fingerprint density at radius 3 is 2.41 bits per heavy atom. The lowest BCUT2D eigenvalue weighted by atomic mass is 10.0. The molecule has 8 heteroatoms. The largest absolute Gasteiger partial charge is 0.508 e. The van der Waals surface area contributed by atoms with Crippen molar-refractivity contribution in [2.24, 2.45) is 0 Å². The van der Waals surface area contributed by atoms with Crippen molar-refractivity contribution in [3.63, 3.8) is 0 Å². The van der Waals surface area contributed by atoms with Gasteiger partial charge in [-0.05, 0) is 41.5 Å². The standard InChI is InChI=1S/C14H13N3O2.C7H11NO2/c15-7-12-13(16)5-10(6-14(12)17-8-18)9-1-3-11(19)4-2-9;1-2-7(9)8-3-5-10-6-4-8/h1-8,15,19H,16H2,(H,17,18);2H,1,3-6H2. The maximum absolute atomic E-state index is 10.9. The van der Waals surface area contributed by atoms with Gasteiger partial charge in [0.05, 0.1) is 18.9 Å². The van der Waals surface area contributed by atoms with Gasteiger partial charge in [0.1, 0.15) is 5.75 Å². The molecule has 1 aliphatic heterocycles. The van der Waals surface area contributed by atoms with E-state index in [-0.39, 0.29) is 11.7 Å². The number of ether oxygens (including phenoxy) is 1. The first-order valence-electron chi connectivity index (χ1n) is 8.92. The summed E-state index contributed by atoms with van der Waals surface area (Å²) < 4.78 is 5.07. The van der Waals surface area contributed by atoms with Crippen molar-refractivity contribution in [3.05, 3.63) is 54.6 Å². The van der Waals surface area contributed by atoms with Gasteiger partial charge in [0.15, 0.2) is 0 Å². The molecule has 0 atom stereocenters. The van der Waals surface area contributed by atoms with Gasteiger partial charge in [-0.2, -0.15) is 0 Å². The average molecular weight is 396 g/mol. The summed E-state index contributed by atoms with van der Waals surface area (Å²) in [7, 11) is 0. The van der Waals surface area contributed by atoms with Gasteiger partial charge >= 0.3 is 0 Å². The van der Waals surface area contributed by atoms with Gasteiger partial charge in [0.25, 0.3) is 0 Å². The number of rotatable bonds is 5. The summed E-state index contributed by atoms with van der Waals surface area (Å²) in [6, 6.07) is 10.1. The lowest BCUT2D eigenvalue weighted by Gasteiger charge is -2.25. The van der Waals surface area contributed by atoms with Crippen molar-refractivity contribution < 1.29 is 19.4 Å². The van der Waals surface area contributed by atoms with Crippen LogP contribution in [0.5, 0.6) is 5.75 Å². The maximum atomic E-state index is 10.9. The number of carbonyl (C=O) groups is 2. The second-order valence-electron chi connectivity index (χ2n) is 6.12. The molecule has 0 radical (unpaired) electrons. The van der Waals surface area contributed by atoms with Crippen LogP contribution in [0.25, 0.3) is 11.1 Å². The zero-order chi connectivity index (χ0) is 21.2. The lowest BCUT2D eigenvalue weighted by Crippen LogP contribution is -2.39. The Hall–Kier alpha value is -3.65. The molecule has 5 N–H and O–H groups in total. The summed E-state index contributed by atoms with van der Waals surface area (Å²) in [5.74, 6) is 0.183. The van der Waals surface area contributed by atoms with Crippen molar-refractivity contribution >= 4 is 29.9 Å². The fourth-order valence-electron chi connectivity index (χ4n) is 2.75. The highest BCUT2D eigenvalue weighted by atomic mass is 16.5. The van der Waals surface area contributed by atoms with Crippen molar-refractivity contribution in [1.82, 2.24) is 4.90 Å². The van der Waals surface area contributed by atoms with E-state index in [0.29, 0.717) is 49.7 Å². The van der Waals surface area contributed by atoms with Crippen LogP contribution in [0.1, 0.15) is 5.56 Å². The maximum Gasteiger partial charge on any atom is 0.246 e. The van der Waals surface area contributed by atoms with Crippen LogP contribution in [0.3, 0.4) is 0 Å². The minimum Gasteiger partial charge on any atom is -0.508 e. The summed E-state index contributed by atoms with van der Waals surface area (Å²) in [5.41, 5.74) is 8.88. The molecule has 1 heterocycles. The fraction of sp³-hybridized carbons (Fsp3) is 0.190. The van der Waals surface area contributed by atoms with Crippen LogP contribution >= 0.6 is 0 Å². The van der Waals surface area contributed by atoms with Crippen LogP contribution in [-0.4, -0.2) is 54.8 Å². The van der Waals surface area contributed by atoms with E-state index < -0.39 is 0 Å². The number of phenolic OH excluding ortho intramolecular Hbond substituents is 1. The number of carbonyl (C=O) groups excluding carboxylic acids is 2. The quantitative estimate of drug-likeness (QED) is 0.267. The van der Waals surface area contributed by atoms with Crippen LogP contribution in [0.4, 0.5) is 11.4 Å². The molecule has 3 rings (SSSR count). The number of anilines is 2. The van der Waals surface area contributed by atoms with Crippen molar-refractivity contribution in [3.8, 4) is 16.9 Å². The molecule has 0 aromatic heterocycles. The molecule has 29 heavy (non-hydrogen) atoms. The molecule has 2 aromatic rings. The Balaban J connectivity index is 0.000000253. The molecule has 1 saturated heterocycles. The number of amides is 2. The minimum absolute atomic E-state index is 0.00306. The smallest absolute Gasteiger partial charge is 0.246 e. The number of aromatic hydroxyl groups is 1. The Morgan fingerprint density at radius 2 is 1.86 bits per heavy atom. The molecule has 0 bridgehead atoms. The Bertz CT molecular complexity index is 875. The monoisotopic (exact) mass is 396 g/mol. The predicted octanol–water partition coefficient (Wildman–Crippen LogP) is 2.24. The molecule has 2 amide bonds. The number of hydrogen-bond acceptors (Lipinski definition) is 6. The van der Waals surface area contributed by atoms with Crippen molar-refractivity contribution in [2.45, 2.75) is 0 Å². The Labute approximate surface area is 169 Å². The Kier molecular flexibility index (Phi) is 7.93. The number of nitrogens with one attached hydrogen (secondary N) is 2. The molecule has 8 nitrogen and oxygen atoms in total. The van der Waals surface area contributed by atoms with Gasteiger partial charge in [-0.15, -0.1) is 0 Å². The molecule has 1 aliphatic rings. The van der Waals surface area contributed by atoms with Crippen LogP contribution < -0.4 is 11.1 Å². The van der Waals surface area contributed by atoms with E-state index in [0.717, 1.165) is 17.3 Å². The highest BCUT2D eigenvalue weighted by Gasteiger charge is 2.13. The first-order chi connectivity index (χ1) is 14.0. The summed E-state index contributed by atoms with van der Waals surface area (Å²) in [5, 5.41) is 19.1. The highest BCUT2D eigenvalue weighted by molar-refractivity contribution is 5.97. The Morgan fingerprint density at radius 1 is 1.21 bits per heavy atom. The number of morpholine rings is 1. The lowest BCUT2D eigenvalue weighted by molar-refractivity contribution is -0.129. The van der Waals surface area contributed by atoms with Crippen molar-refractivity contribution in [2.75, 3.05) is 37.4 Å². The number of phenols is 1. The average Bonchev–Trinajstić information content (AvgIpc) is 2.75. The number of nitrogen functional groups attached to an aromatic ring is 1. The van der Waals surface area contributed by atoms with Gasteiger partial charge in [0, 0.05) is 30.6 Å². The third-order valence-electron chi connectivity index (χ3n) is 4.27. The van der Waals surface area contributed by atoms with E-state index in [2.05, 4.69) is 11.9 Å². The first kappa shape index (κ1) is 21.6. The number of nitrogens with two attached hydrogens (primary N) is 1. The number of hydrogen-bond donors (Lipinski definition) is 4. The van der Waals surface area contributed by atoms with Gasteiger partial charge in [-0.1, -0.05) is 18.7 Å². The van der Waals surface area contributed by atoms with Gasteiger partial charge in [-0.25, -0.2) is 0 Å². The summed E-state index contributed by atoms with van der Waals surface area (Å²) in [4.78, 5) is 23.2. The topological polar surface area (TPSA) is 129 Å². The molecule has 0 unspecified atom stereocenters. The summed E-state index contributed by atoms with van der Waals surface area (Å²) in [6.07, 6.45) is 2.98. The van der Waals surface area contributed by atoms with E-state index >= 15 is 0 Å². The zero-order valence-electron chi connectivity index (χ0n) is 15.9. The van der Waals surface area contributed by atoms with E-state index in [1.165, 1.54) is 6.08 Å². The summed E-state index contributed by atoms with van der Waals surface area (Å²) >= 11 is 0. The number of benzene rings is 2. The predicted molar refractivity (Wildman–Crippen MR) is 113 cm³/mol. The molecular formula is C21H24N4O4. The van der Waals surface area contributed by atoms with Crippen LogP contribution in [0, 0.1) is 5.41 Å². The van der Waals surface area contributed by atoms with E-state index in [4.69, 9.17) is 15.9 Å². The first-order valence-corrected chi connectivity index (χ1v) is 8.92. The molecule has 0 saturated carbocycles.